The van der Waals surface area contributed by atoms with E-state index in [0.29, 0.717) is 12.3 Å². The quantitative estimate of drug-likeness (QED) is 0.343. The summed E-state index contributed by atoms with van der Waals surface area (Å²) in [5, 5.41) is 15.2. The van der Waals surface area contributed by atoms with E-state index < -0.39 is 5.97 Å². The van der Waals surface area contributed by atoms with E-state index in [2.05, 4.69) is 65.3 Å². The average molecular weight is 493 g/mol. The molecule has 1 unspecified atom stereocenters. The maximum atomic E-state index is 13.0. The van der Waals surface area contributed by atoms with E-state index in [9.17, 15) is 9.59 Å². The fourth-order valence-electron chi connectivity index (χ4n) is 4.61. The summed E-state index contributed by atoms with van der Waals surface area (Å²) >= 11 is 0. The molecule has 1 aliphatic heterocycles. The second kappa shape index (κ2) is 10.3. The van der Waals surface area contributed by atoms with Crippen LogP contribution in [0, 0.1) is 0 Å². The SMILES string of the molecule is CC(C)c1ccc(-c2ccc(C3=NN(C(=O)CCC(=O)O)C(c4ccc5nccnc5c4)C3)cc2)cc1. The molecule has 7 heteroatoms. The number of carbonyl (C=O) groups excluding carboxylic acids is 1. The topological polar surface area (TPSA) is 95.8 Å². The number of carbonyl (C=O) groups is 2. The molecule has 37 heavy (non-hydrogen) atoms. The van der Waals surface area contributed by atoms with E-state index in [0.717, 1.165) is 39.0 Å². The molecule has 4 aromatic rings. The van der Waals surface area contributed by atoms with Crippen molar-refractivity contribution in [3.63, 3.8) is 0 Å². The van der Waals surface area contributed by atoms with Gasteiger partial charge in [0.2, 0.25) is 5.91 Å². The molecule has 186 valence electrons. The number of hydrazone groups is 1. The number of carboxylic acids is 1. The Morgan fingerprint density at radius 1 is 0.865 bits per heavy atom. The van der Waals surface area contributed by atoms with Crippen molar-refractivity contribution in [2.24, 2.45) is 5.10 Å². The van der Waals surface area contributed by atoms with Gasteiger partial charge < -0.3 is 5.11 Å². The Hall–Kier alpha value is -4.39. The molecule has 0 saturated heterocycles. The van der Waals surface area contributed by atoms with Crippen molar-refractivity contribution in [1.82, 2.24) is 15.0 Å². The Kier molecular flexibility index (Phi) is 6.77. The third-order valence-electron chi connectivity index (χ3n) is 6.73. The van der Waals surface area contributed by atoms with Gasteiger partial charge in [0.15, 0.2) is 0 Å². The van der Waals surface area contributed by atoms with Crippen LogP contribution in [-0.4, -0.2) is 37.7 Å². The van der Waals surface area contributed by atoms with Crippen molar-refractivity contribution in [1.29, 1.82) is 0 Å². The van der Waals surface area contributed by atoms with Gasteiger partial charge >= 0.3 is 5.97 Å². The van der Waals surface area contributed by atoms with Gasteiger partial charge in [-0.3, -0.25) is 19.6 Å². The molecule has 0 bridgehead atoms. The molecule has 1 aromatic heterocycles. The van der Waals surface area contributed by atoms with Crippen LogP contribution in [0.1, 0.15) is 61.8 Å². The van der Waals surface area contributed by atoms with E-state index >= 15 is 0 Å². The lowest BCUT2D eigenvalue weighted by Crippen LogP contribution is -2.27. The number of amides is 1. The van der Waals surface area contributed by atoms with Gasteiger partial charge in [-0.1, -0.05) is 68.4 Å². The van der Waals surface area contributed by atoms with E-state index in [1.807, 2.05) is 30.3 Å². The summed E-state index contributed by atoms with van der Waals surface area (Å²) in [7, 11) is 0. The Morgan fingerprint density at radius 2 is 1.49 bits per heavy atom. The number of nitrogens with zero attached hydrogens (tertiary/aromatic N) is 4. The molecule has 1 atom stereocenters. The van der Waals surface area contributed by atoms with Gasteiger partial charge in [-0.15, -0.1) is 0 Å². The van der Waals surface area contributed by atoms with Crippen LogP contribution in [0.4, 0.5) is 0 Å². The first-order valence-electron chi connectivity index (χ1n) is 12.4. The Morgan fingerprint density at radius 3 is 2.14 bits per heavy atom. The number of aromatic nitrogens is 2. The highest BCUT2D eigenvalue weighted by Crippen LogP contribution is 2.35. The van der Waals surface area contributed by atoms with Crippen LogP contribution in [0.5, 0.6) is 0 Å². The molecule has 3 aromatic carbocycles. The molecule has 7 nitrogen and oxygen atoms in total. The van der Waals surface area contributed by atoms with Gasteiger partial charge in [0.1, 0.15) is 0 Å². The molecular formula is C30H28N4O3. The number of benzene rings is 3. The zero-order valence-corrected chi connectivity index (χ0v) is 20.8. The summed E-state index contributed by atoms with van der Waals surface area (Å²) in [5.74, 6) is -0.838. The van der Waals surface area contributed by atoms with Crippen LogP contribution in [0.3, 0.4) is 0 Å². The highest BCUT2D eigenvalue weighted by molar-refractivity contribution is 6.03. The smallest absolute Gasteiger partial charge is 0.303 e. The second-order valence-corrected chi connectivity index (χ2v) is 9.56. The normalized spacial score (nSPS) is 15.3. The number of hydrogen-bond acceptors (Lipinski definition) is 5. The Balaban J connectivity index is 1.43. The molecule has 0 radical (unpaired) electrons. The van der Waals surface area contributed by atoms with Crippen LogP contribution in [-0.2, 0) is 9.59 Å². The van der Waals surface area contributed by atoms with E-state index in [-0.39, 0.29) is 24.8 Å². The first kappa shape index (κ1) is 24.3. The monoisotopic (exact) mass is 492 g/mol. The Bertz CT molecular complexity index is 1480. The average Bonchev–Trinajstić information content (AvgIpc) is 3.37. The molecule has 1 aliphatic rings. The molecule has 0 aliphatic carbocycles. The number of aliphatic carboxylic acids is 1. The minimum atomic E-state index is -1.01. The molecule has 5 rings (SSSR count). The van der Waals surface area contributed by atoms with Crippen molar-refractivity contribution in [3.8, 4) is 11.1 Å². The minimum Gasteiger partial charge on any atom is -0.481 e. The highest BCUT2D eigenvalue weighted by atomic mass is 16.4. The Labute approximate surface area is 215 Å². The van der Waals surface area contributed by atoms with Gasteiger partial charge in [0.25, 0.3) is 0 Å². The largest absolute Gasteiger partial charge is 0.481 e. The zero-order valence-electron chi connectivity index (χ0n) is 20.8. The highest BCUT2D eigenvalue weighted by Gasteiger charge is 2.33. The third-order valence-corrected chi connectivity index (χ3v) is 6.73. The summed E-state index contributed by atoms with van der Waals surface area (Å²) in [6.07, 6.45) is 3.45. The number of hydrogen-bond donors (Lipinski definition) is 1. The van der Waals surface area contributed by atoms with Crippen molar-refractivity contribution in [2.45, 2.75) is 45.1 Å². The standard InChI is InChI=1S/C30H28N4O3/c1-19(2)20-3-5-21(6-4-20)22-7-9-23(10-8-22)26-18-28(34(33-26)29(35)13-14-30(36)37)24-11-12-25-27(17-24)32-16-15-31-25/h3-12,15-17,19,28H,13-14,18H2,1-2H3,(H,36,37). The number of rotatable bonds is 7. The predicted molar refractivity (Wildman–Crippen MR) is 143 cm³/mol. The second-order valence-electron chi connectivity index (χ2n) is 9.56. The fourth-order valence-corrected chi connectivity index (χ4v) is 4.61. The van der Waals surface area contributed by atoms with Gasteiger partial charge in [0.05, 0.1) is 29.2 Å². The predicted octanol–water partition coefficient (Wildman–Crippen LogP) is 5.96. The van der Waals surface area contributed by atoms with Crippen LogP contribution < -0.4 is 0 Å². The maximum Gasteiger partial charge on any atom is 0.303 e. The van der Waals surface area contributed by atoms with Crippen molar-refractivity contribution in [2.75, 3.05) is 0 Å². The fraction of sp³-hybridized carbons (Fsp3) is 0.233. The van der Waals surface area contributed by atoms with E-state index in [1.165, 1.54) is 10.6 Å². The summed E-state index contributed by atoms with van der Waals surface area (Å²) in [6.45, 7) is 4.36. The van der Waals surface area contributed by atoms with Gasteiger partial charge in [-0.05, 0) is 45.9 Å². The summed E-state index contributed by atoms with van der Waals surface area (Å²) in [4.78, 5) is 32.8. The van der Waals surface area contributed by atoms with E-state index in [4.69, 9.17) is 5.11 Å². The molecular weight excluding hydrogens is 464 g/mol. The molecule has 1 amide bonds. The maximum absolute atomic E-state index is 13.0. The summed E-state index contributed by atoms with van der Waals surface area (Å²) in [6, 6.07) is 22.2. The molecule has 1 N–H and O–H groups in total. The van der Waals surface area contributed by atoms with Gasteiger partial charge in [0, 0.05) is 25.2 Å². The first-order valence-corrected chi connectivity index (χ1v) is 12.4. The first-order chi connectivity index (χ1) is 17.9. The van der Waals surface area contributed by atoms with E-state index in [1.54, 1.807) is 12.4 Å². The van der Waals surface area contributed by atoms with Crippen LogP contribution >= 0.6 is 0 Å². The molecule has 0 saturated carbocycles. The third kappa shape index (κ3) is 5.26. The van der Waals surface area contributed by atoms with Gasteiger partial charge in [-0.2, -0.15) is 5.10 Å². The minimum absolute atomic E-state index is 0.110. The zero-order chi connectivity index (χ0) is 25.9. The lowest BCUT2D eigenvalue weighted by molar-refractivity contribution is -0.141. The van der Waals surface area contributed by atoms with Gasteiger partial charge in [-0.25, -0.2) is 5.01 Å². The lowest BCUT2D eigenvalue weighted by atomic mass is 9.95. The summed E-state index contributed by atoms with van der Waals surface area (Å²) < 4.78 is 0. The molecule has 0 spiro atoms. The molecule has 2 heterocycles. The van der Waals surface area contributed by atoms with Crippen molar-refractivity contribution < 1.29 is 14.7 Å². The van der Waals surface area contributed by atoms with Crippen LogP contribution in [0.2, 0.25) is 0 Å². The number of fused-ring (bicyclic) bond motifs is 1. The van der Waals surface area contributed by atoms with Crippen molar-refractivity contribution in [3.05, 3.63) is 95.8 Å². The van der Waals surface area contributed by atoms with Crippen LogP contribution in [0.15, 0.2) is 84.2 Å². The molecule has 0 fully saturated rings. The summed E-state index contributed by atoms with van der Waals surface area (Å²) in [5.41, 5.74) is 7.67. The lowest BCUT2D eigenvalue weighted by Gasteiger charge is -2.22. The van der Waals surface area contributed by atoms with Crippen LogP contribution in [0.25, 0.3) is 22.2 Å². The van der Waals surface area contributed by atoms with Crippen molar-refractivity contribution >= 4 is 28.6 Å². The number of carboxylic acid groups (broad SMARTS) is 1.